The largest absolute Gasteiger partial charge is 0.369 e. The molecular weight excluding hydrogens is 260 g/mol. The molecule has 1 heterocycles. The first-order valence-electron chi connectivity index (χ1n) is 7.48. The van der Waals surface area contributed by atoms with E-state index in [1.165, 1.54) is 16.3 Å². The van der Waals surface area contributed by atoms with Crippen LogP contribution in [0.1, 0.15) is 31.7 Å². The summed E-state index contributed by atoms with van der Waals surface area (Å²) < 4.78 is 2.28. The quantitative estimate of drug-likeness (QED) is 0.776. The van der Waals surface area contributed by atoms with Gasteiger partial charge in [0.05, 0.1) is 11.4 Å². The highest BCUT2D eigenvalue weighted by Crippen LogP contribution is 2.35. The second-order valence-corrected chi connectivity index (χ2v) is 5.37. The lowest BCUT2D eigenvalue weighted by Gasteiger charge is -2.15. The van der Waals surface area contributed by atoms with Gasteiger partial charge < -0.3 is 10.3 Å². The minimum Gasteiger partial charge on any atom is -0.369 e. The highest BCUT2D eigenvalue weighted by molar-refractivity contribution is 6.10. The van der Waals surface area contributed by atoms with Crippen LogP contribution in [0.4, 0.5) is 0 Å². The molecule has 0 aliphatic rings. The van der Waals surface area contributed by atoms with Crippen LogP contribution in [0.2, 0.25) is 0 Å². The number of nitrogens with zero attached hydrogens (tertiary/aromatic N) is 1. The maximum Gasteiger partial charge on any atom is 0.225 e. The number of carbonyl (C=O) groups is 1. The van der Waals surface area contributed by atoms with Crippen LogP contribution in [0, 0.1) is 0 Å². The number of hydrogen-bond acceptors (Lipinski definition) is 1. The average Bonchev–Trinajstić information content (AvgIpc) is 2.82. The molecule has 3 nitrogen and oxygen atoms in total. The van der Waals surface area contributed by atoms with Crippen molar-refractivity contribution in [3.63, 3.8) is 0 Å². The molecule has 108 valence electrons. The SMILES string of the molecule is CCC(C(N)=O)c1cccc2c3ccccc3n(CC)c12. The predicted octanol–water partition coefficient (Wildman–Crippen LogP) is 3.79. The molecule has 0 aliphatic heterocycles. The van der Waals surface area contributed by atoms with Crippen LogP contribution in [0.5, 0.6) is 0 Å². The standard InChI is InChI=1S/C18H20N2O/c1-3-12(18(19)21)14-9-7-10-15-13-8-5-6-11-16(13)20(4-2)17(14)15/h5-12H,3-4H2,1-2H3,(H2,19,21). The number of aromatic nitrogens is 1. The highest BCUT2D eigenvalue weighted by Gasteiger charge is 2.21. The number of benzene rings is 2. The molecule has 1 amide bonds. The van der Waals surface area contributed by atoms with Crippen LogP contribution in [0.25, 0.3) is 21.8 Å². The minimum absolute atomic E-state index is 0.233. The van der Waals surface area contributed by atoms with Crippen molar-refractivity contribution >= 4 is 27.7 Å². The Labute approximate surface area is 124 Å². The Morgan fingerprint density at radius 3 is 2.48 bits per heavy atom. The molecule has 2 N–H and O–H groups in total. The average molecular weight is 280 g/mol. The predicted molar refractivity (Wildman–Crippen MR) is 87.3 cm³/mol. The zero-order chi connectivity index (χ0) is 15.0. The Balaban J connectivity index is 2.45. The molecule has 1 unspecified atom stereocenters. The van der Waals surface area contributed by atoms with E-state index in [9.17, 15) is 4.79 Å². The molecule has 3 aromatic rings. The Hall–Kier alpha value is -2.29. The molecule has 3 rings (SSSR count). The zero-order valence-corrected chi connectivity index (χ0v) is 12.5. The van der Waals surface area contributed by atoms with Gasteiger partial charge in [0.25, 0.3) is 0 Å². The number of primary amides is 1. The third-order valence-electron chi connectivity index (χ3n) is 4.27. The minimum atomic E-state index is -0.252. The Morgan fingerprint density at radius 1 is 1.10 bits per heavy atom. The number of nitrogens with two attached hydrogens (primary N) is 1. The van der Waals surface area contributed by atoms with E-state index in [-0.39, 0.29) is 11.8 Å². The van der Waals surface area contributed by atoms with Crippen LogP contribution in [-0.4, -0.2) is 10.5 Å². The monoisotopic (exact) mass is 280 g/mol. The molecule has 0 saturated heterocycles. The van der Waals surface area contributed by atoms with E-state index in [1.54, 1.807) is 0 Å². The van der Waals surface area contributed by atoms with Crippen molar-refractivity contribution in [3.8, 4) is 0 Å². The summed E-state index contributed by atoms with van der Waals surface area (Å²) in [6.07, 6.45) is 0.722. The van der Waals surface area contributed by atoms with Crippen LogP contribution in [0.3, 0.4) is 0 Å². The van der Waals surface area contributed by atoms with Gasteiger partial charge in [0.2, 0.25) is 5.91 Å². The molecule has 1 atom stereocenters. The van der Waals surface area contributed by atoms with Gasteiger partial charge in [0, 0.05) is 22.8 Å². The summed E-state index contributed by atoms with van der Waals surface area (Å²) in [5.74, 6) is -0.485. The van der Waals surface area contributed by atoms with E-state index in [1.807, 2.05) is 19.1 Å². The lowest BCUT2D eigenvalue weighted by molar-refractivity contribution is -0.119. The summed E-state index contributed by atoms with van der Waals surface area (Å²) in [5.41, 5.74) is 9.01. The Bertz CT molecular complexity index is 817. The van der Waals surface area contributed by atoms with Gasteiger partial charge in [-0.15, -0.1) is 0 Å². The van der Waals surface area contributed by atoms with Crippen LogP contribution in [-0.2, 0) is 11.3 Å². The van der Waals surface area contributed by atoms with Gasteiger partial charge in [-0.05, 0) is 25.0 Å². The molecule has 0 saturated carbocycles. The van der Waals surface area contributed by atoms with Crippen molar-refractivity contribution in [2.24, 2.45) is 5.73 Å². The molecule has 3 heteroatoms. The van der Waals surface area contributed by atoms with Crippen molar-refractivity contribution < 1.29 is 4.79 Å². The van der Waals surface area contributed by atoms with Gasteiger partial charge in [-0.3, -0.25) is 4.79 Å². The number of amides is 1. The zero-order valence-electron chi connectivity index (χ0n) is 12.5. The highest BCUT2D eigenvalue weighted by atomic mass is 16.1. The molecule has 21 heavy (non-hydrogen) atoms. The van der Waals surface area contributed by atoms with Gasteiger partial charge in [-0.25, -0.2) is 0 Å². The Kier molecular flexibility index (Phi) is 3.42. The molecule has 0 fully saturated rings. The van der Waals surface area contributed by atoms with E-state index in [0.717, 1.165) is 24.0 Å². The van der Waals surface area contributed by atoms with Crippen molar-refractivity contribution in [1.82, 2.24) is 4.57 Å². The van der Waals surface area contributed by atoms with Gasteiger partial charge in [0.1, 0.15) is 0 Å². The van der Waals surface area contributed by atoms with E-state index >= 15 is 0 Å². The van der Waals surface area contributed by atoms with Crippen molar-refractivity contribution in [2.45, 2.75) is 32.7 Å². The molecule has 0 bridgehead atoms. The first-order chi connectivity index (χ1) is 10.2. The maximum absolute atomic E-state index is 11.8. The van der Waals surface area contributed by atoms with Gasteiger partial charge in [-0.1, -0.05) is 43.3 Å². The summed E-state index contributed by atoms with van der Waals surface area (Å²) >= 11 is 0. The number of carbonyl (C=O) groups excluding carboxylic acids is 1. The van der Waals surface area contributed by atoms with Crippen molar-refractivity contribution in [3.05, 3.63) is 48.0 Å². The maximum atomic E-state index is 11.8. The second kappa shape index (κ2) is 5.24. The summed E-state index contributed by atoms with van der Waals surface area (Å²) in [6.45, 7) is 5.01. The molecule has 1 aromatic heterocycles. The fourth-order valence-electron chi connectivity index (χ4n) is 3.32. The van der Waals surface area contributed by atoms with Crippen LogP contribution >= 0.6 is 0 Å². The molecular formula is C18H20N2O. The van der Waals surface area contributed by atoms with Gasteiger partial charge in [-0.2, -0.15) is 0 Å². The molecule has 0 spiro atoms. The normalized spacial score (nSPS) is 12.9. The van der Waals surface area contributed by atoms with Crippen molar-refractivity contribution in [1.29, 1.82) is 0 Å². The molecule has 2 aromatic carbocycles. The van der Waals surface area contributed by atoms with E-state index in [4.69, 9.17) is 5.73 Å². The summed E-state index contributed by atoms with van der Waals surface area (Å²) in [4.78, 5) is 11.8. The molecule has 0 aliphatic carbocycles. The topological polar surface area (TPSA) is 48.0 Å². The van der Waals surface area contributed by atoms with E-state index in [2.05, 4.69) is 41.8 Å². The van der Waals surface area contributed by atoms with E-state index in [0.29, 0.717) is 0 Å². The Morgan fingerprint density at radius 2 is 1.81 bits per heavy atom. The molecule has 0 radical (unpaired) electrons. The summed E-state index contributed by atoms with van der Waals surface area (Å²) in [6, 6.07) is 14.6. The van der Waals surface area contributed by atoms with Crippen molar-refractivity contribution in [2.75, 3.05) is 0 Å². The number of para-hydroxylation sites is 2. The second-order valence-electron chi connectivity index (χ2n) is 5.37. The van der Waals surface area contributed by atoms with Gasteiger partial charge >= 0.3 is 0 Å². The first kappa shape index (κ1) is 13.7. The number of aryl methyl sites for hydroxylation is 1. The third kappa shape index (κ3) is 2.00. The smallest absolute Gasteiger partial charge is 0.225 e. The van der Waals surface area contributed by atoms with Crippen LogP contribution in [0.15, 0.2) is 42.5 Å². The van der Waals surface area contributed by atoms with E-state index < -0.39 is 0 Å². The third-order valence-corrected chi connectivity index (χ3v) is 4.27. The van der Waals surface area contributed by atoms with Gasteiger partial charge in [0.15, 0.2) is 0 Å². The first-order valence-corrected chi connectivity index (χ1v) is 7.48. The number of rotatable bonds is 4. The number of fused-ring (bicyclic) bond motifs is 3. The van der Waals surface area contributed by atoms with Crippen LogP contribution < -0.4 is 5.73 Å². The fourth-order valence-corrected chi connectivity index (χ4v) is 3.32. The lowest BCUT2D eigenvalue weighted by atomic mass is 9.93. The summed E-state index contributed by atoms with van der Waals surface area (Å²) in [7, 11) is 0. The number of hydrogen-bond donors (Lipinski definition) is 1. The lowest BCUT2D eigenvalue weighted by Crippen LogP contribution is -2.21. The summed E-state index contributed by atoms with van der Waals surface area (Å²) in [5, 5.41) is 2.43. The fraction of sp³-hybridized carbons (Fsp3) is 0.278.